The van der Waals surface area contributed by atoms with Gasteiger partial charge in [0.2, 0.25) is 0 Å². The van der Waals surface area contributed by atoms with E-state index >= 15 is 0 Å². The molecule has 1 rings (SSSR count). The van der Waals surface area contributed by atoms with E-state index < -0.39 is 10.1 Å². The maximum absolute atomic E-state index is 10.9. The van der Waals surface area contributed by atoms with Crippen LogP contribution >= 0.6 is 0 Å². The molecule has 0 aliphatic carbocycles. The molecule has 0 N–H and O–H groups in total. The summed E-state index contributed by atoms with van der Waals surface area (Å²) < 4.78 is 27.7. The first-order valence-electron chi connectivity index (χ1n) is 6.17. The van der Waals surface area contributed by atoms with E-state index in [0.717, 1.165) is 17.3 Å². The highest BCUT2D eigenvalue weighted by molar-refractivity contribution is 7.85. The van der Waals surface area contributed by atoms with Gasteiger partial charge in [-0.05, 0) is 6.42 Å². The first kappa shape index (κ1) is 13.9. The van der Waals surface area contributed by atoms with Gasteiger partial charge in [-0.3, -0.25) is 4.18 Å². The van der Waals surface area contributed by atoms with Crippen molar-refractivity contribution in [3.05, 3.63) is 0 Å². The third-order valence-electron chi connectivity index (χ3n) is 3.36. The molecule has 96 valence electrons. The third-order valence-corrected chi connectivity index (χ3v) is 3.96. The van der Waals surface area contributed by atoms with Crippen LogP contribution in [0.5, 0.6) is 0 Å². The maximum atomic E-state index is 10.9. The highest BCUT2D eigenvalue weighted by Crippen LogP contribution is 2.20. The van der Waals surface area contributed by atoms with Gasteiger partial charge in [0, 0.05) is 12.8 Å². The number of likely N-dealkylation sites (tertiary alicyclic amines) is 1. The molecule has 0 unspecified atom stereocenters. The van der Waals surface area contributed by atoms with Gasteiger partial charge in [-0.25, -0.2) is 0 Å². The normalized spacial score (nSPS) is 20.1. The van der Waals surface area contributed by atoms with E-state index in [1.54, 1.807) is 0 Å². The minimum absolute atomic E-state index is 0.336. The van der Waals surface area contributed by atoms with Crippen LogP contribution in [0.25, 0.3) is 0 Å². The molecular formula is C11H24NO3S+. The van der Waals surface area contributed by atoms with Crippen LogP contribution in [0.4, 0.5) is 0 Å². The van der Waals surface area contributed by atoms with E-state index in [1.807, 2.05) is 0 Å². The number of hydrogen-bond acceptors (Lipinski definition) is 3. The van der Waals surface area contributed by atoms with Crippen LogP contribution in [0.3, 0.4) is 0 Å². The summed E-state index contributed by atoms with van der Waals surface area (Å²) >= 11 is 0. The molecule has 1 fully saturated rings. The standard InChI is InChI=1S/C11H24NO3S/c1-3-4-7-12(8-5-6-9-12)10-11-15-16(2,13)14/h3-11H2,1-2H3/q+1. The molecule has 0 radical (unpaired) electrons. The van der Waals surface area contributed by atoms with E-state index in [4.69, 9.17) is 4.18 Å². The highest BCUT2D eigenvalue weighted by Gasteiger charge is 2.31. The van der Waals surface area contributed by atoms with Crippen molar-refractivity contribution in [1.29, 1.82) is 0 Å². The lowest BCUT2D eigenvalue weighted by Gasteiger charge is -2.34. The Morgan fingerprint density at radius 2 is 1.81 bits per heavy atom. The Labute approximate surface area is 99.3 Å². The summed E-state index contributed by atoms with van der Waals surface area (Å²) in [7, 11) is -3.27. The zero-order valence-electron chi connectivity index (χ0n) is 10.4. The van der Waals surface area contributed by atoms with Crippen molar-refractivity contribution in [2.24, 2.45) is 0 Å². The number of unbranched alkanes of at least 4 members (excludes halogenated alkanes) is 1. The van der Waals surface area contributed by atoms with Crippen LogP contribution in [0.1, 0.15) is 32.6 Å². The van der Waals surface area contributed by atoms with Gasteiger partial charge in [0.15, 0.2) is 0 Å². The van der Waals surface area contributed by atoms with Gasteiger partial charge in [0.1, 0.15) is 13.2 Å². The van der Waals surface area contributed by atoms with Gasteiger partial charge in [-0.2, -0.15) is 8.42 Å². The van der Waals surface area contributed by atoms with E-state index in [2.05, 4.69) is 6.92 Å². The lowest BCUT2D eigenvalue weighted by molar-refractivity contribution is -0.917. The molecule has 16 heavy (non-hydrogen) atoms. The average Bonchev–Trinajstić information content (AvgIpc) is 2.62. The van der Waals surface area contributed by atoms with Crippen molar-refractivity contribution in [3.8, 4) is 0 Å². The lowest BCUT2D eigenvalue weighted by atomic mass is 10.2. The fourth-order valence-electron chi connectivity index (χ4n) is 2.44. The molecule has 0 aromatic carbocycles. The van der Waals surface area contributed by atoms with Gasteiger partial charge in [-0.15, -0.1) is 0 Å². The van der Waals surface area contributed by atoms with Crippen molar-refractivity contribution in [1.82, 2.24) is 0 Å². The van der Waals surface area contributed by atoms with Crippen molar-refractivity contribution in [2.45, 2.75) is 32.6 Å². The largest absolute Gasteiger partial charge is 0.322 e. The van der Waals surface area contributed by atoms with Crippen molar-refractivity contribution in [2.75, 3.05) is 39.0 Å². The number of hydrogen-bond donors (Lipinski definition) is 0. The lowest BCUT2D eigenvalue weighted by Crippen LogP contribution is -2.48. The Balaban J connectivity index is 2.39. The Morgan fingerprint density at radius 3 is 2.31 bits per heavy atom. The SMILES string of the molecule is CCCC[N+]1(CCOS(C)(=O)=O)CCCC1. The molecule has 0 bridgehead atoms. The van der Waals surface area contributed by atoms with E-state index in [9.17, 15) is 8.42 Å². The van der Waals surface area contributed by atoms with Crippen LogP contribution in [0.15, 0.2) is 0 Å². The quantitative estimate of drug-likeness (QED) is 0.506. The van der Waals surface area contributed by atoms with Crippen LogP contribution in [-0.2, 0) is 14.3 Å². The van der Waals surface area contributed by atoms with Crippen LogP contribution in [-0.4, -0.2) is 51.9 Å². The molecule has 1 aliphatic rings. The summed E-state index contributed by atoms with van der Waals surface area (Å²) in [6, 6.07) is 0. The fraction of sp³-hybridized carbons (Fsp3) is 1.00. The monoisotopic (exact) mass is 250 g/mol. The summed E-state index contributed by atoms with van der Waals surface area (Å²) in [4.78, 5) is 0. The Morgan fingerprint density at radius 1 is 1.19 bits per heavy atom. The molecule has 1 saturated heterocycles. The smallest absolute Gasteiger partial charge is 0.264 e. The van der Waals surface area contributed by atoms with Crippen molar-refractivity contribution < 1.29 is 17.1 Å². The van der Waals surface area contributed by atoms with Crippen LogP contribution in [0.2, 0.25) is 0 Å². The molecule has 4 nitrogen and oxygen atoms in total. The molecule has 0 amide bonds. The molecule has 0 aromatic rings. The van der Waals surface area contributed by atoms with E-state index in [1.165, 1.54) is 45.3 Å². The predicted octanol–water partition coefficient (Wildman–Crippen LogP) is 1.37. The Kier molecular flexibility index (Phi) is 5.21. The van der Waals surface area contributed by atoms with Crippen molar-refractivity contribution >= 4 is 10.1 Å². The van der Waals surface area contributed by atoms with Gasteiger partial charge >= 0.3 is 0 Å². The maximum Gasteiger partial charge on any atom is 0.264 e. The second-order valence-corrected chi connectivity index (χ2v) is 6.47. The van der Waals surface area contributed by atoms with Gasteiger partial charge in [-0.1, -0.05) is 13.3 Å². The summed E-state index contributed by atoms with van der Waals surface area (Å²) in [6.45, 7) is 6.92. The summed E-state index contributed by atoms with van der Waals surface area (Å²) in [5, 5.41) is 0. The zero-order chi connectivity index (χ0) is 12.1. The first-order valence-corrected chi connectivity index (χ1v) is 7.99. The molecule has 1 heterocycles. The summed E-state index contributed by atoms with van der Waals surface area (Å²) in [6.07, 6.45) is 6.07. The number of quaternary nitrogens is 1. The molecule has 0 atom stereocenters. The molecule has 5 heteroatoms. The molecule has 0 spiro atoms. The van der Waals surface area contributed by atoms with E-state index in [-0.39, 0.29) is 0 Å². The molecule has 1 aliphatic heterocycles. The molecule has 0 aromatic heterocycles. The fourth-order valence-corrected chi connectivity index (χ4v) is 2.82. The number of rotatable bonds is 7. The summed E-state index contributed by atoms with van der Waals surface area (Å²) in [5.41, 5.74) is 0. The minimum atomic E-state index is -3.27. The minimum Gasteiger partial charge on any atom is -0.322 e. The van der Waals surface area contributed by atoms with Crippen LogP contribution < -0.4 is 0 Å². The third kappa shape index (κ3) is 4.80. The molecule has 0 saturated carbocycles. The van der Waals surface area contributed by atoms with E-state index in [0.29, 0.717) is 6.61 Å². The van der Waals surface area contributed by atoms with Gasteiger partial charge in [0.05, 0.1) is 25.9 Å². The first-order chi connectivity index (χ1) is 7.47. The summed E-state index contributed by atoms with van der Waals surface area (Å²) in [5.74, 6) is 0. The average molecular weight is 250 g/mol. The van der Waals surface area contributed by atoms with Gasteiger partial charge in [0.25, 0.3) is 10.1 Å². The Hall–Kier alpha value is -0.130. The topological polar surface area (TPSA) is 43.4 Å². The second kappa shape index (κ2) is 5.98. The number of nitrogens with zero attached hydrogens (tertiary/aromatic N) is 1. The Bertz CT molecular complexity index is 294. The second-order valence-electron chi connectivity index (χ2n) is 4.82. The van der Waals surface area contributed by atoms with Crippen molar-refractivity contribution in [3.63, 3.8) is 0 Å². The van der Waals surface area contributed by atoms with Gasteiger partial charge < -0.3 is 4.48 Å². The highest BCUT2D eigenvalue weighted by atomic mass is 32.2. The molecular weight excluding hydrogens is 226 g/mol. The zero-order valence-corrected chi connectivity index (χ0v) is 11.3. The predicted molar refractivity (Wildman–Crippen MR) is 64.7 cm³/mol. The van der Waals surface area contributed by atoms with Crippen LogP contribution in [0, 0.1) is 0 Å².